The van der Waals surface area contributed by atoms with Gasteiger partial charge in [-0.25, -0.2) is 0 Å². The highest BCUT2D eigenvalue weighted by atomic mass is 15.1. The lowest BCUT2D eigenvalue weighted by Crippen LogP contribution is -2.32. The lowest BCUT2D eigenvalue weighted by atomic mass is 9.87. The van der Waals surface area contributed by atoms with Gasteiger partial charge < -0.3 is 9.80 Å². The molecule has 0 unspecified atom stereocenters. The molecular formula is C16H34N2. The molecule has 0 aliphatic carbocycles. The van der Waals surface area contributed by atoms with Crippen molar-refractivity contribution in [3.63, 3.8) is 0 Å². The number of hydrogen-bond donors (Lipinski definition) is 0. The highest BCUT2D eigenvalue weighted by Crippen LogP contribution is 2.23. The lowest BCUT2D eigenvalue weighted by molar-refractivity contribution is 0.185. The molecule has 0 saturated carbocycles. The maximum Gasteiger partial charge on any atom is -0.00188 e. The number of rotatable bonds is 2. The third-order valence-electron chi connectivity index (χ3n) is 4.60. The Balaban J connectivity index is 0.000000184. The summed E-state index contributed by atoms with van der Waals surface area (Å²) in [6.07, 6.45) is 7.13. The van der Waals surface area contributed by atoms with Crippen molar-refractivity contribution in [1.29, 1.82) is 0 Å². The van der Waals surface area contributed by atoms with Crippen molar-refractivity contribution < 1.29 is 0 Å². The van der Waals surface area contributed by atoms with E-state index in [2.05, 4.69) is 37.6 Å². The molecule has 2 aliphatic heterocycles. The summed E-state index contributed by atoms with van der Waals surface area (Å²) in [6, 6.07) is 0. The molecule has 2 aliphatic rings. The predicted octanol–water partition coefficient (Wildman–Crippen LogP) is 3.48. The maximum absolute atomic E-state index is 2.52. The molecule has 18 heavy (non-hydrogen) atoms. The number of piperidine rings is 2. The topological polar surface area (TPSA) is 6.48 Å². The Morgan fingerprint density at radius 2 is 1.50 bits per heavy atom. The van der Waals surface area contributed by atoms with Gasteiger partial charge in [-0.05, 0) is 77.3 Å². The molecule has 0 bridgehead atoms. The molecular weight excluding hydrogens is 220 g/mol. The van der Waals surface area contributed by atoms with Crippen LogP contribution in [0.25, 0.3) is 0 Å². The molecule has 0 aromatic carbocycles. The Kier molecular flexibility index (Phi) is 7.92. The molecule has 2 fully saturated rings. The minimum absolute atomic E-state index is 0.897. The molecule has 0 aromatic rings. The van der Waals surface area contributed by atoms with Crippen molar-refractivity contribution in [2.75, 3.05) is 39.8 Å². The zero-order valence-corrected chi connectivity index (χ0v) is 13.1. The summed E-state index contributed by atoms with van der Waals surface area (Å²) in [5.74, 6) is 1.89. The molecule has 108 valence electrons. The summed E-state index contributed by atoms with van der Waals surface area (Å²) in [7, 11) is 2.22. The van der Waals surface area contributed by atoms with E-state index in [1.807, 2.05) is 0 Å². The van der Waals surface area contributed by atoms with Crippen molar-refractivity contribution in [3.8, 4) is 0 Å². The Morgan fingerprint density at radius 1 is 0.944 bits per heavy atom. The van der Waals surface area contributed by atoms with Gasteiger partial charge in [0.05, 0.1) is 0 Å². The van der Waals surface area contributed by atoms with Crippen LogP contribution in [-0.4, -0.2) is 49.6 Å². The molecule has 0 spiro atoms. The van der Waals surface area contributed by atoms with Crippen molar-refractivity contribution >= 4 is 0 Å². The van der Waals surface area contributed by atoms with E-state index >= 15 is 0 Å². The lowest BCUT2D eigenvalue weighted by Gasteiger charge is -2.31. The molecule has 0 aromatic heterocycles. The zero-order valence-electron chi connectivity index (χ0n) is 13.1. The van der Waals surface area contributed by atoms with Gasteiger partial charge in [0.2, 0.25) is 0 Å². The Morgan fingerprint density at radius 3 is 1.89 bits per heavy atom. The van der Waals surface area contributed by atoms with Crippen molar-refractivity contribution in [2.24, 2.45) is 11.8 Å². The number of hydrogen-bond acceptors (Lipinski definition) is 2. The fourth-order valence-electron chi connectivity index (χ4n) is 2.97. The first kappa shape index (κ1) is 16.0. The van der Waals surface area contributed by atoms with E-state index in [0.29, 0.717) is 0 Å². The molecule has 0 N–H and O–H groups in total. The Hall–Kier alpha value is -0.0800. The van der Waals surface area contributed by atoms with Gasteiger partial charge in [0, 0.05) is 0 Å². The smallest absolute Gasteiger partial charge is 0.00188 e. The van der Waals surface area contributed by atoms with Crippen LogP contribution in [0.2, 0.25) is 0 Å². The average molecular weight is 254 g/mol. The number of nitrogens with zero attached hydrogens (tertiary/aromatic N) is 2. The zero-order chi connectivity index (χ0) is 13.4. The largest absolute Gasteiger partial charge is 0.306 e. The Labute approximate surface area is 115 Å². The van der Waals surface area contributed by atoms with Crippen LogP contribution in [0, 0.1) is 11.8 Å². The summed E-state index contributed by atoms with van der Waals surface area (Å²) in [5.41, 5.74) is 0. The summed E-state index contributed by atoms with van der Waals surface area (Å²) >= 11 is 0. The molecule has 2 nitrogen and oxygen atoms in total. The van der Waals surface area contributed by atoms with Crippen LogP contribution in [0.15, 0.2) is 0 Å². The molecule has 2 rings (SSSR count). The normalized spacial score (nSPS) is 23.8. The maximum atomic E-state index is 2.52. The third-order valence-corrected chi connectivity index (χ3v) is 4.60. The molecule has 2 heterocycles. The van der Waals surface area contributed by atoms with Crippen LogP contribution in [0.3, 0.4) is 0 Å². The van der Waals surface area contributed by atoms with Crippen LogP contribution in [0.1, 0.15) is 52.9 Å². The van der Waals surface area contributed by atoms with Crippen LogP contribution < -0.4 is 0 Å². The van der Waals surface area contributed by atoms with E-state index < -0.39 is 0 Å². The Bertz CT molecular complexity index is 189. The van der Waals surface area contributed by atoms with Crippen LogP contribution in [0.5, 0.6) is 0 Å². The average Bonchev–Trinajstić information content (AvgIpc) is 2.41. The van der Waals surface area contributed by atoms with Gasteiger partial charge in [-0.2, -0.15) is 0 Å². The molecule has 2 heteroatoms. The summed E-state index contributed by atoms with van der Waals surface area (Å²) < 4.78 is 0. The third kappa shape index (κ3) is 6.19. The molecule has 0 atom stereocenters. The van der Waals surface area contributed by atoms with E-state index in [4.69, 9.17) is 0 Å². The van der Waals surface area contributed by atoms with Gasteiger partial charge in [0.25, 0.3) is 0 Å². The first-order valence-corrected chi connectivity index (χ1v) is 8.04. The first-order valence-electron chi connectivity index (χ1n) is 8.04. The van der Waals surface area contributed by atoms with E-state index in [1.54, 1.807) is 0 Å². The molecule has 2 saturated heterocycles. The quantitative estimate of drug-likeness (QED) is 0.744. The van der Waals surface area contributed by atoms with Crippen molar-refractivity contribution in [2.45, 2.75) is 52.9 Å². The minimum Gasteiger partial charge on any atom is -0.306 e. The van der Waals surface area contributed by atoms with Gasteiger partial charge in [-0.3, -0.25) is 0 Å². The predicted molar refractivity (Wildman–Crippen MR) is 81.0 cm³/mol. The van der Waals surface area contributed by atoms with Crippen LogP contribution in [0.4, 0.5) is 0 Å². The summed E-state index contributed by atoms with van der Waals surface area (Å²) in [6.45, 7) is 13.5. The summed E-state index contributed by atoms with van der Waals surface area (Å²) in [4.78, 5) is 4.95. The van der Waals surface area contributed by atoms with E-state index in [1.165, 1.54) is 64.8 Å². The second kappa shape index (κ2) is 8.92. The summed E-state index contributed by atoms with van der Waals surface area (Å²) in [5, 5.41) is 0. The van der Waals surface area contributed by atoms with Crippen LogP contribution >= 0.6 is 0 Å². The fraction of sp³-hybridized carbons (Fsp3) is 1.00. The van der Waals surface area contributed by atoms with Crippen molar-refractivity contribution in [1.82, 2.24) is 9.80 Å². The second-order valence-corrected chi connectivity index (χ2v) is 6.38. The van der Waals surface area contributed by atoms with Gasteiger partial charge in [-0.1, -0.05) is 27.2 Å². The molecule has 0 radical (unpaired) electrons. The van der Waals surface area contributed by atoms with Gasteiger partial charge >= 0.3 is 0 Å². The standard InChI is InChI=1S/C9H19N.C7H15N/c1-8(2)9-4-6-10(3)7-5-9;1-2-8-6-4-3-5-7-8/h8-9H,4-7H2,1-3H3;2-7H2,1H3. The fourth-order valence-corrected chi connectivity index (χ4v) is 2.97. The van der Waals surface area contributed by atoms with E-state index in [-0.39, 0.29) is 0 Å². The molecule has 0 amide bonds. The first-order chi connectivity index (χ1) is 8.63. The van der Waals surface area contributed by atoms with Crippen molar-refractivity contribution in [3.05, 3.63) is 0 Å². The second-order valence-electron chi connectivity index (χ2n) is 6.38. The van der Waals surface area contributed by atoms with Gasteiger partial charge in [0.15, 0.2) is 0 Å². The highest BCUT2D eigenvalue weighted by Gasteiger charge is 2.18. The minimum atomic E-state index is 0.897. The highest BCUT2D eigenvalue weighted by molar-refractivity contribution is 4.71. The van der Waals surface area contributed by atoms with Crippen LogP contribution in [-0.2, 0) is 0 Å². The van der Waals surface area contributed by atoms with Gasteiger partial charge in [-0.15, -0.1) is 0 Å². The van der Waals surface area contributed by atoms with E-state index in [0.717, 1.165) is 11.8 Å². The monoisotopic (exact) mass is 254 g/mol. The SMILES string of the molecule is CC(C)C1CCN(C)CC1.CCN1CCCCC1. The number of likely N-dealkylation sites (tertiary alicyclic amines) is 2. The van der Waals surface area contributed by atoms with Gasteiger partial charge in [0.1, 0.15) is 0 Å². The van der Waals surface area contributed by atoms with E-state index in [9.17, 15) is 0 Å².